The lowest BCUT2D eigenvalue weighted by atomic mass is 10.1. The predicted molar refractivity (Wildman–Crippen MR) is 83.5 cm³/mol. The number of nitrogens with zero attached hydrogens (tertiary/aromatic N) is 2. The molecule has 1 N–H and O–H groups in total. The van der Waals surface area contributed by atoms with Crippen molar-refractivity contribution < 1.29 is 4.79 Å². The number of benzene rings is 1. The van der Waals surface area contributed by atoms with Gasteiger partial charge < -0.3 is 5.32 Å². The van der Waals surface area contributed by atoms with Crippen LogP contribution in [0.4, 0.5) is 0 Å². The zero-order valence-electron chi connectivity index (χ0n) is 10.9. The average Bonchev–Trinajstić information content (AvgIpc) is 2.85. The van der Waals surface area contributed by atoms with Crippen LogP contribution in [0.5, 0.6) is 0 Å². The lowest BCUT2D eigenvalue weighted by molar-refractivity contribution is -0.118. The summed E-state index contributed by atoms with van der Waals surface area (Å²) >= 11 is 8.73. The largest absolute Gasteiger partial charge is 0.355 e. The van der Waals surface area contributed by atoms with Gasteiger partial charge in [-0.15, -0.1) is 10.2 Å². The number of rotatable bonds is 6. The monoisotopic (exact) mass is 327 g/mol. The number of amides is 1. The van der Waals surface area contributed by atoms with Crippen LogP contribution in [0.3, 0.4) is 0 Å². The van der Waals surface area contributed by atoms with Gasteiger partial charge in [-0.3, -0.25) is 4.79 Å². The zero-order chi connectivity index (χ0) is 14.4. The van der Waals surface area contributed by atoms with Crippen LogP contribution in [0.2, 0.25) is 5.02 Å². The number of aryl methyl sites for hydroxylation is 1. The molecule has 7 heteroatoms. The van der Waals surface area contributed by atoms with E-state index in [-0.39, 0.29) is 5.91 Å². The smallest absolute Gasteiger partial charge is 0.230 e. The Bertz CT molecular complexity index is 571. The Morgan fingerprint density at radius 3 is 2.75 bits per heavy atom. The van der Waals surface area contributed by atoms with E-state index in [4.69, 9.17) is 11.6 Å². The first-order valence-corrected chi connectivity index (χ1v) is 8.25. The van der Waals surface area contributed by atoms with E-state index in [1.807, 2.05) is 31.2 Å². The number of aromatic nitrogens is 2. The molecule has 1 aromatic carbocycles. The molecule has 0 unspecified atom stereocenters. The van der Waals surface area contributed by atoms with Gasteiger partial charge in [-0.25, -0.2) is 0 Å². The molecule has 1 heterocycles. The first kappa shape index (κ1) is 15.3. The van der Waals surface area contributed by atoms with Gasteiger partial charge >= 0.3 is 0 Å². The summed E-state index contributed by atoms with van der Waals surface area (Å²) in [5, 5.41) is 12.4. The predicted octanol–water partition coefficient (Wildman–Crippen LogP) is 2.95. The third-order valence-corrected chi connectivity index (χ3v) is 4.71. The fraction of sp³-hybridized carbons (Fsp3) is 0.308. The van der Waals surface area contributed by atoms with Crippen LogP contribution in [0, 0.1) is 6.92 Å². The second-order valence-electron chi connectivity index (χ2n) is 4.10. The SMILES string of the molecule is Cc1nnc(SCC(=O)NCCc2ccc(Cl)cc2)s1. The van der Waals surface area contributed by atoms with Gasteiger partial charge in [0.2, 0.25) is 5.91 Å². The molecule has 0 bridgehead atoms. The van der Waals surface area contributed by atoms with Crippen molar-refractivity contribution in [3.8, 4) is 0 Å². The van der Waals surface area contributed by atoms with Crippen molar-refractivity contribution in [2.75, 3.05) is 12.3 Å². The Morgan fingerprint density at radius 1 is 1.35 bits per heavy atom. The molecule has 2 aromatic rings. The number of thioether (sulfide) groups is 1. The molecular weight excluding hydrogens is 314 g/mol. The van der Waals surface area contributed by atoms with Crippen molar-refractivity contribution in [2.24, 2.45) is 0 Å². The molecular formula is C13H14ClN3OS2. The van der Waals surface area contributed by atoms with Crippen LogP contribution >= 0.6 is 34.7 Å². The Balaban J connectivity index is 1.66. The van der Waals surface area contributed by atoms with Crippen LogP contribution in [-0.2, 0) is 11.2 Å². The fourth-order valence-corrected chi connectivity index (χ4v) is 3.28. The van der Waals surface area contributed by atoms with Gasteiger partial charge in [-0.05, 0) is 31.0 Å². The van der Waals surface area contributed by atoms with Gasteiger partial charge in [0.25, 0.3) is 0 Å². The third kappa shape index (κ3) is 5.11. The molecule has 1 aromatic heterocycles. The van der Waals surface area contributed by atoms with E-state index >= 15 is 0 Å². The van der Waals surface area contributed by atoms with E-state index in [0.717, 1.165) is 26.4 Å². The van der Waals surface area contributed by atoms with Crippen LogP contribution in [0.1, 0.15) is 10.6 Å². The lowest BCUT2D eigenvalue weighted by Gasteiger charge is -2.04. The highest BCUT2D eigenvalue weighted by Crippen LogP contribution is 2.21. The number of carbonyl (C=O) groups excluding carboxylic acids is 1. The number of halogens is 1. The van der Waals surface area contributed by atoms with Gasteiger partial charge in [-0.1, -0.05) is 46.8 Å². The summed E-state index contributed by atoms with van der Waals surface area (Å²) in [5.74, 6) is 0.381. The summed E-state index contributed by atoms with van der Waals surface area (Å²) in [6.45, 7) is 2.52. The van der Waals surface area contributed by atoms with Gasteiger partial charge in [0.1, 0.15) is 5.01 Å². The van der Waals surface area contributed by atoms with Crippen LogP contribution in [0.25, 0.3) is 0 Å². The minimum Gasteiger partial charge on any atom is -0.355 e. The number of carbonyl (C=O) groups is 1. The molecule has 20 heavy (non-hydrogen) atoms. The lowest BCUT2D eigenvalue weighted by Crippen LogP contribution is -2.27. The highest BCUT2D eigenvalue weighted by Gasteiger charge is 2.06. The molecule has 0 saturated carbocycles. The van der Waals surface area contributed by atoms with Crippen LogP contribution < -0.4 is 5.32 Å². The maximum atomic E-state index is 11.7. The van der Waals surface area contributed by atoms with E-state index < -0.39 is 0 Å². The Labute approximate surface area is 130 Å². The Hall–Kier alpha value is -1.11. The van der Waals surface area contributed by atoms with Crippen molar-refractivity contribution in [2.45, 2.75) is 17.7 Å². The molecule has 0 aliphatic rings. The minimum absolute atomic E-state index is 0.0109. The highest BCUT2D eigenvalue weighted by atomic mass is 35.5. The molecule has 0 aliphatic carbocycles. The van der Waals surface area contributed by atoms with Crippen LogP contribution in [-0.4, -0.2) is 28.4 Å². The molecule has 4 nitrogen and oxygen atoms in total. The van der Waals surface area contributed by atoms with Crippen molar-refractivity contribution in [3.63, 3.8) is 0 Å². The van der Waals surface area contributed by atoms with Crippen molar-refractivity contribution in [1.82, 2.24) is 15.5 Å². The first-order chi connectivity index (χ1) is 9.63. The van der Waals surface area contributed by atoms with Gasteiger partial charge in [0.15, 0.2) is 4.34 Å². The van der Waals surface area contributed by atoms with E-state index in [9.17, 15) is 4.79 Å². The molecule has 0 spiro atoms. The Kier molecular flexibility index (Phi) is 5.82. The van der Waals surface area contributed by atoms with E-state index in [1.165, 1.54) is 23.1 Å². The average molecular weight is 328 g/mol. The summed E-state index contributed by atoms with van der Waals surface area (Å²) in [5.41, 5.74) is 1.15. The molecule has 0 atom stereocenters. The summed E-state index contributed by atoms with van der Waals surface area (Å²) in [6.07, 6.45) is 0.797. The Morgan fingerprint density at radius 2 is 2.10 bits per heavy atom. The fourth-order valence-electron chi connectivity index (χ4n) is 1.51. The molecule has 0 radical (unpaired) electrons. The normalized spacial score (nSPS) is 10.5. The van der Waals surface area contributed by atoms with Crippen molar-refractivity contribution in [3.05, 3.63) is 39.9 Å². The number of nitrogens with one attached hydrogen (secondary N) is 1. The second-order valence-corrected chi connectivity index (χ2v) is 6.94. The maximum absolute atomic E-state index is 11.7. The summed E-state index contributed by atoms with van der Waals surface area (Å²) in [4.78, 5) is 11.7. The number of hydrogen-bond donors (Lipinski definition) is 1. The highest BCUT2D eigenvalue weighted by molar-refractivity contribution is 8.01. The van der Waals surface area contributed by atoms with Crippen LogP contribution in [0.15, 0.2) is 28.6 Å². The molecule has 0 aliphatic heterocycles. The summed E-state index contributed by atoms with van der Waals surface area (Å²) in [7, 11) is 0. The third-order valence-electron chi connectivity index (χ3n) is 2.48. The standard InChI is InChI=1S/C13H14ClN3OS2/c1-9-16-17-13(20-9)19-8-12(18)15-7-6-10-2-4-11(14)5-3-10/h2-5H,6-8H2,1H3,(H,15,18). The van der Waals surface area contributed by atoms with Gasteiger partial charge in [-0.2, -0.15) is 0 Å². The quantitative estimate of drug-likeness (QED) is 0.829. The second kappa shape index (κ2) is 7.61. The summed E-state index contributed by atoms with van der Waals surface area (Å²) in [6, 6.07) is 7.64. The van der Waals surface area contributed by atoms with Gasteiger partial charge in [0.05, 0.1) is 5.75 Å². The van der Waals surface area contributed by atoms with Crippen molar-refractivity contribution in [1.29, 1.82) is 0 Å². The number of hydrogen-bond acceptors (Lipinski definition) is 5. The molecule has 0 fully saturated rings. The zero-order valence-corrected chi connectivity index (χ0v) is 13.3. The van der Waals surface area contributed by atoms with Crippen molar-refractivity contribution >= 4 is 40.6 Å². The van der Waals surface area contributed by atoms with E-state index in [0.29, 0.717) is 12.3 Å². The summed E-state index contributed by atoms with van der Waals surface area (Å²) < 4.78 is 0.829. The maximum Gasteiger partial charge on any atom is 0.230 e. The molecule has 106 valence electrons. The van der Waals surface area contributed by atoms with E-state index in [1.54, 1.807) is 0 Å². The van der Waals surface area contributed by atoms with Gasteiger partial charge in [0, 0.05) is 11.6 Å². The van der Waals surface area contributed by atoms with E-state index in [2.05, 4.69) is 15.5 Å². The first-order valence-electron chi connectivity index (χ1n) is 6.07. The minimum atomic E-state index is 0.0109. The molecule has 0 saturated heterocycles. The molecule has 1 amide bonds. The topological polar surface area (TPSA) is 54.9 Å². The molecule has 2 rings (SSSR count).